The number of anilines is 2. The molecule has 0 spiro atoms. The zero-order valence-corrected chi connectivity index (χ0v) is 12.1. The summed E-state index contributed by atoms with van der Waals surface area (Å²) < 4.78 is 0. The highest BCUT2D eigenvalue weighted by atomic mass is 16.4. The predicted octanol–water partition coefficient (Wildman–Crippen LogP) is 1.94. The molecule has 0 saturated heterocycles. The SMILES string of the molecule is CC(=O)Nc1cccc(NC(=O)C2C(C(=O)O)C2(C)C)c1. The van der Waals surface area contributed by atoms with Gasteiger partial charge in [0.1, 0.15) is 0 Å². The third kappa shape index (κ3) is 3.04. The number of carbonyl (C=O) groups is 3. The van der Waals surface area contributed by atoms with Crippen molar-refractivity contribution in [3.8, 4) is 0 Å². The summed E-state index contributed by atoms with van der Waals surface area (Å²) in [6, 6.07) is 6.73. The Morgan fingerprint density at radius 1 is 1.10 bits per heavy atom. The van der Waals surface area contributed by atoms with E-state index in [9.17, 15) is 14.4 Å². The van der Waals surface area contributed by atoms with Crippen LogP contribution in [0.5, 0.6) is 0 Å². The van der Waals surface area contributed by atoms with Crippen LogP contribution in [-0.4, -0.2) is 22.9 Å². The third-order valence-electron chi connectivity index (χ3n) is 3.83. The minimum atomic E-state index is -0.952. The average molecular weight is 290 g/mol. The summed E-state index contributed by atoms with van der Waals surface area (Å²) in [4.78, 5) is 34.3. The molecule has 1 aromatic rings. The van der Waals surface area contributed by atoms with Crippen LogP contribution in [0.25, 0.3) is 0 Å². The average Bonchev–Trinajstić information content (AvgIpc) is 2.92. The van der Waals surface area contributed by atoms with Crippen molar-refractivity contribution in [1.29, 1.82) is 0 Å². The molecule has 1 aliphatic rings. The zero-order chi connectivity index (χ0) is 15.8. The van der Waals surface area contributed by atoms with Crippen molar-refractivity contribution in [2.45, 2.75) is 20.8 Å². The van der Waals surface area contributed by atoms with Gasteiger partial charge in [-0.15, -0.1) is 0 Å². The fourth-order valence-corrected chi connectivity index (χ4v) is 2.69. The first kappa shape index (κ1) is 15.0. The summed E-state index contributed by atoms with van der Waals surface area (Å²) in [5.74, 6) is -2.66. The number of hydrogen-bond acceptors (Lipinski definition) is 3. The molecular formula is C15H18N2O4. The van der Waals surface area contributed by atoms with E-state index in [1.807, 2.05) is 0 Å². The third-order valence-corrected chi connectivity index (χ3v) is 3.83. The van der Waals surface area contributed by atoms with E-state index in [1.54, 1.807) is 38.1 Å². The smallest absolute Gasteiger partial charge is 0.307 e. The highest BCUT2D eigenvalue weighted by Crippen LogP contribution is 2.58. The molecule has 2 amide bonds. The van der Waals surface area contributed by atoms with E-state index in [0.29, 0.717) is 11.4 Å². The lowest BCUT2D eigenvalue weighted by molar-refractivity contribution is -0.140. The highest BCUT2D eigenvalue weighted by Gasteiger charge is 2.65. The minimum absolute atomic E-state index is 0.201. The van der Waals surface area contributed by atoms with Crippen LogP contribution in [0.1, 0.15) is 20.8 Å². The lowest BCUT2D eigenvalue weighted by Crippen LogP contribution is -2.18. The van der Waals surface area contributed by atoms with Gasteiger partial charge in [-0.1, -0.05) is 19.9 Å². The monoisotopic (exact) mass is 290 g/mol. The maximum absolute atomic E-state index is 12.2. The number of carbonyl (C=O) groups excluding carboxylic acids is 2. The van der Waals surface area contributed by atoms with E-state index >= 15 is 0 Å². The summed E-state index contributed by atoms with van der Waals surface area (Å²) in [5, 5.41) is 14.4. The largest absolute Gasteiger partial charge is 0.481 e. The highest BCUT2D eigenvalue weighted by molar-refractivity contribution is 6.00. The van der Waals surface area contributed by atoms with Crippen molar-refractivity contribution in [3.05, 3.63) is 24.3 Å². The van der Waals surface area contributed by atoms with Crippen LogP contribution < -0.4 is 10.6 Å². The van der Waals surface area contributed by atoms with Gasteiger partial charge in [0, 0.05) is 18.3 Å². The Balaban J connectivity index is 2.07. The number of benzene rings is 1. The van der Waals surface area contributed by atoms with Crippen LogP contribution in [0.3, 0.4) is 0 Å². The minimum Gasteiger partial charge on any atom is -0.481 e. The number of aliphatic carboxylic acids is 1. The lowest BCUT2D eigenvalue weighted by Gasteiger charge is -2.08. The molecule has 1 aliphatic carbocycles. The van der Waals surface area contributed by atoms with Crippen LogP contribution >= 0.6 is 0 Å². The van der Waals surface area contributed by atoms with Gasteiger partial charge in [0.15, 0.2) is 0 Å². The molecule has 0 heterocycles. The number of hydrogen-bond donors (Lipinski definition) is 3. The van der Waals surface area contributed by atoms with E-state index < -0.39 is 23.2 Å². The summed E-state index contributed by atoms with van der Waals surface area (Å²) >= 11 is 0. The fraction of sp³-hybridized carbons (Fsp3) is 0.400. The molecule has 0 aromatic heterocycles. The van der Waals surface area contributed by atoms with Crippen LogP contribution in [-0.2, 0) is 14.4 Å². The fourth-order valence-electron chi connectivity index (χ4n) is 2.69. The number of carboxylic acid groups (broad SMARTS) is 1. The van der Waals surface area contributed by atoms with Gasteiger partial charge in [0.2, 0.25) is 11.8 Å². The van der Waals surface area contributed by atoms with Crippen LogP contribution in [0, 0.1) is 17.3 Å². The van der Waals surface area contributed by atoms with E-state index in [1.165, 1.54) is 6.92 Å². The van der Waals surface area contributed by atoms with E-state index in [-0.39, 0.29) is 11.8 Å². The molecular weight excluding hydrogens is 272 g/mol. The molecule has 6 heteroatoms. The first-order chi connectivity index (χ1) is 9.73. The molecule has 2 rings (SSSR count). The van der Waals surface area contributed by atoms with Crippen molar-refractivity contribution >= 4 is 29.2 Å². The number of carboxylic acids is 1. The van der Waals surface area contributed by atoms with E-state index in [2.05, 4.69) is 10.6 Å². The van der Waals surface area contributed by atoms with Gasteiger partial charge in [-0.2, -0.15) is 0 Å². The quantitative estimate of drug-likeness (QED) is 0.789. The van der Waals surface area contributed by atoms with Crippen LogP contribution in [0.2, 0.25) is 0 Å². The van der Waals surface area contributed by atoms with Gasteiger partial charge in [0.25, 0.3) is 0 Å². The molecule has 6 nitrogen and oxygen atoms in total. The Kier molecular flexibility index (Phi) is 3.72. The van der Waals surface area contributed by atoms with Gasteiger partial charge in [-0.3, -0.25) is 14.4 Å². The normalized spacial score (nSPS) is 22.2. The second-order valence-corrected chi connectivity index (χ2v) is 5.87. The first-order valence-corrected chi connectivity index (χ1v) is 6.65. The van der Waals surface area contributed by atoms with Gasteiger partial charge in [-0.25, -0.2) is 0 Å². The number of nitrogens with one attached hydrogen (secondary N) is 2. The topological polar surface area (TPSA) is 95.5 Å². The van der Waals surface area contributed by atoms with Gasteiger partial charge < -0.3 is 15.7 Å². The molecule has 3 N–H and O–H groups in total. The Morgan fingerprint density at radius 3 is 2.14 bits per heavy atom. The summed E-state index contributed by atoms with van der Waals surface area (Å²) in [6.07, 6.45) is 0. The molecule has 0 radical (unpaired) electrons. The maximum atomic E-state index is 12.2. The standard InChI is InChI=1S/C15H18N2O4/c1-8(18)16-9-5-4-6-10(7-9)17-13(19)11-12(14(20)21)15(11,2)3/h4-7,11-12H,1-3H3,(H,16,18)(H,17,19)(H,20,21). The number of rotatable bonds is 4. The zero-order valence-electron chi connectivity index (χ0n) is 12.1. The van der Waals surface area contributed by atoms with Gasteiger partial charge in [0.05, 0.1) is 11.8 Å². The van der Waals surface area contributed by atoms with Crippen LogP contribution in [0.15, 0.2) is 24.3 Å². The Bertz CT molecular complexity index is 609. The van der Waals surface area contributed by atoms with Crippen LogP contribution in [0.4, 0.5) is 11.4 Å². The summed E-state index contributed by atoms with van der Waals surface area (Å²) in [5.41, 5.74) is 0.564. The van der Waals surface area contributed by atoms with Crippen molar-refractivity contribution in [2.24, 2.45) is 17.3 Å². The number of amides is 2. The van der Waals surface area contributed by atoms with E-state index in [4.69, 9.17) is 5.11 Å². The van der Waals surface area contributed by atoms with Crippen molar-refractivity contribution in [2.75, 3.05) is 10.6 Å². The van der Waals surface area contributed by atoms with Crippen molar-refractivity contribution in [1.82, 2.24) is 0 Å². The molecule has 1 aromatic carbocycles. The van der Waals surface area contributed by atoms with Crippen molar-refractivity contribution in [3.63, 3.8) is 0 Å². The Morgan fingerprint density at radius 2 is 1.67 bits per heavy atom. The Hall–Kier alpha value is -2.37. The predicted molar refractivity (Wildman–Crippen MR) is 77.8 cm³/mol. The second-order valence-electron chi connectivity index (χ2n) is 5.87. The molecule has 2 unspecified atom stereocenters. The molecule has 21 heavy (non-hydrogen) atoms. The molecule has 112 valence electrons. The van der Waals surface area contributed by atoms with Crippen molar-refractivity contribution < 1.29 is 19.5 Å². The molecule has 1 fully saturated rings. The lowest BCUT2D eigenvalue weighted by atomic mass is 10.1. The molecule has 0 bridgehead atoms. The summed E-state index contributed by atoms with van der Waals surface area (Å²) in [7, 11) is 0. The molecule has 0 aliphatic heterocycles. The van der Waals surface area contributed by atoms with Gasteiger partial charge >= 0.3 is 5.97 Å². The van der Waals surface area contributed by atoms with E-state index in [0.717, 1.165) is 0 Å². The van der Waals surface area contributed by atoms with Gasteiger partial charge in [-0.05, 0) is 23.6 Å². The molecule has 2 atom stereocenters. The Labute approximate surface area is 122 Å². The maximum Gasteiger partial charge on any atom is 0.307 e. The molecule has 1 saturated carbocycles. The summed E-state index contributed by atoms with van der Waals surface area (Å²) in [6.45, 7) is 4.93. The first-order valence-electron chi connectivity index (χ1n) is 6.65. The second kappa shape index (κ2) is 5.20.